The number of rotatable bonds is 6. The Kier molecular flexibility index (Phi) is 6.46. The smallest absolute Gasteiger partial charge is 0.0593 e. The Labute approximate surface area is 112 Å². The zero-order valence-electron chi connectivity index (χ0n) is 12.0. The molecule has 0 amide bonds. The minimum atomic E-state index is 0.799. The summed E-state index contributed by atoms with van der Waals surface area (Å²) in [6.07, 6.45) is 8.10. The van der Waals surface area contributed by atoms with Gasteiger partial charge in [-0.15, -0.1) is 0 Å². The number of hydrogen-bond donors (Lipinski definition) is 1. The molecule has 0 bridgehead atoms. The van der Waals surface area contributed by atoms with Crippen molar-refractivity contribution < 1.29 is 4.74 Å². The molecule has 1 saturated heterocycles. The van der Waals surface area contributed by atoms with E-state index in [1.54, 1.807) is 0 Å². The highest BCUT2D eigenvalue weighted by atomic mass is 16.5. The number of ether oxygens (including phenoxy) is 1. The fraction of sp³-hybridized carbons (Fsp3) is 1.00. The predicted octanol–water partition coefficient (Wildman–Crippen LogP) is 2.27. The minimum absolute atomic E-state index is 0.799. The van der Waals surface area contributed by atoms with Gasteiger partial charge in [-0.05, 0) is 51.1 Å². The first kappa shape index (κ1) is 14.3. The van der Waals surface area contributed by atoms with Crippen LogP contribution in [0.3, 0.4) is 0 Å². The van der Waals surface area contributed by atoms with E-state index in [0.29, 0.717) is 0 Å². The van der Waals surface area contributed by atoms with Gasteiger partial charge in [0.05, 0.1) is 6.61 Å². The van der Waals surface area contributed by atoms with Crippen molar-refractivity contribution in [1.29, 1.82) is 0 Å². The van der Waals surface area contributed by atoms with Crippen molar-refractivity contribution in [2.24, 2.45) is 5.92 Å². The summed E-state index contributed by atoms with van der Waals surface area (Å²) in [5, 5.41) is 3.74. The lowest BCUT2D eigenvalue weighted by Gasteiger charge is -2.25. The van der Waals surface area contributed by atoms with E-state index in [2.05, 4.69) is 17.1 Å². The summed E-state index contributed by atoms with van der Waals surface area (Å²) in [4.78, 5) is 2.60. The van der Waals surface area contributed by atoms with Crippen LogP contribution in [0.1, 0.15) is 45.4 Å². The summed E-state index contributed by atoms with van der Waals surface area (Å²) in [5.41, 5.74) is 0. The third kappa shape index (κ3) is 4.52. The summed E-state index contributed by atoms with van der Waals surface area (Å²) in [5.74, 6) is 0.917. The Morgan fingerprint density at radius 1 is 1.17 bits per heavy atom. The van der Waals surface area contributed by atoms with Gasteiger partial charge in [-0.2, -0.15) is 0 Å². The van der Waals surface area contributed by atoms with Gasteiger partial charge in [-0.3, -0.25) is 0 Å². The van der Waals surface area contributed by atoms with Crippen LogP contribution in [0.4, 0.5) is 0 Å². The van der Waals surface area contributed by atoms with Gasteiger partial charge in [0, 0.05) is 25.7 Å². The second kappa shape index (κ2) is 8.13. The molecule has 0 aromatic heterocycles. The van der Waals surface area contributed by atoms with Crippen molar-refractivity contribution in [3.05, 3.63) is 0 Å². The molecule has 18 heavy (non-hydrogen) atoms. The van der Waals surface area contributed by atoms with Crippen LogP contribution < -0.4 is 5.32 Å². The zero-order chi connectivity index (χ0) is 12.6. The Morgan fingerprint density at radius 3 is 3.00 bits per heavy atom. The maximum atomic E-state index is 5.52. The van der Waals surface area contributed by atoms with Gasteiger partial charge < -0.3 is 15.0 Å². The Balaban J connectivity index is 1.67. The van der Waals surface area contributed by atoms with Crippen molar-refractivity contribution in [2.75, 3.05) is 39.4 Å². The molecule has 3 nitrogen and oxygen atoms in total. The van der Waals surface area contributed by atoms with Gasteiger partial charge in [-0.25, -0.2) is 0 Å². The van der Waals surface area contributed by atoms with Crippen LogP contribution in [0.2, 0.25) is 0 Å². The van der Waals surface area contributed by atoms with Gasteiger partial charge in [0.15, 0.2) is 0 Å². The molecule has 2 fully saturated rings. The summed E-state index contributed by atoms with van der Waals surface area (Å²) in [6.45, 7) is 8.99. The lowest BCUT2D eigenvalue weighted by molar-refractivity contribution is 0.140. The molecule has 1 saturated carbocycles. The van der Waals surface area contributed by atoms with Crippen molar-refractivity contribution in [3.8, 4) is 0 Å². The molecule has 2 rings (SSSR count). The molecule has 0 spiro atoms. The molecule has 2 aliphatic rings. The molecule has 1 heterocycles. The maximum absolute atomic E-state index is 5.52. The van der Waals surface area contributed by atoms with Crippen LogP contribution in [0.15, 0.2) is 0 Å². The van der Waals surface area contributed by atoms with E-state index in [-0.39, 0.29) is 0 Å². The zero-order valence-corrected chi connectivity index (χ0v) is 12.0. The highest BCUT2D eigenvalue weighted by Gasteiger charge is 2.26. The molecule has 0 radical (unpaired) electrons. The molecule has 0 aromatic carbocycles. The molecule has 106 valence electrons. The molecule has 2 atom stereocenters. The normalized spacial score (nSPS) is 30.5. The molecule has 1 N–H and O–H groups in total. The molecular formula is C15H30N2O. The topological polar surface area (TPSA) is 24.5 Å². The first-order valence-electron chi connectivity index (χ1n) is 7.93. The number of nitrogens with zero attached hydrogens (tertiary/aromatic N) is 1. The molecule has 0 aromatic rings. The average Bonchev–Trinajstić information content (AvgIpc) is 2.67. The van der Waals surface area contributed by atoms with Crippen molar-refractivity contribution in [1.82, 2.24) is 10.2 Å². The van der Waals surface area contributed by atoms with E-state index in [1.807, 2.05) is 0 Å². The standard InChI is InChI=1S/C15H30N2O/c1-2-8-16-15-6-3-5-14(15)7-10-17-9-4-12-18-13-11-17/h14-16H,2-13H2,1H3. The third-order valence-corrected chi connectivity index (χ3v) is 4.45. The van der Waals surface area contributed by atoms with Crippen LogP contribution >= 0.6 is 0 Å². The predicted molar refractivity (Wildman–Crippen MR) is 75.9 cm³/mol. The maximum Gasteiger partial charge on any atom is 0.0593 e. The van der Waals surface area contributed by atoms with Gasteiger partial charge in [0.25, 0.3) is 0 Å². The van der Waals surface area contributed by atoms with Crippen LogP contribution in [0.5, 0.6) is 0 Å². The monoisotopic (exact) mass is 254 g/mol. The highest BCUT2D eigenvalue weighted by molar-refractivity contribution is 4.83. The highest BCUT2D eigenvalue weighted by Crippen LogP contribution is 2.28. The largest absolute Gasteiger partial charge is 0.380 e. The lowest BCUT2D eigenvalue weighted by atomic mass is 9.99. The fourth-order valence-electron chi connectivity index (χ4n) is 3.35. The SMILES string of the molecule is CCCNC1CCCC1CCN1CCCOCC1. The quantitative estimate of drug-likeness (QED) is 0.787. The van der Waals surface area contributed by atoms with E-state index in [0.717, 1.165) is 31.7 Å². The molecule has 2 unspecified atom stereocenters. The second-order valence-corrected chi connectivity index (χ2v) is 5.85. The van der Waals surface area contributed by atoms with Crippen LogP contribution in [-0.2, 0) is 4.74 Å². The first-order chi connectivity index (χ1) is 8.90. The van der Waals surface area contributed by atoms with Gasteiger partial charge in [0.2, 0.25) is 0 Å². The molecule has 1 aliphatic carbocycles. The third-order valence-electron chi connectivity index (χ3n) is 4.45. The Hall–Kier alpha value is -0.120. The van der Waals surface area contributed by atoms with Gasteiger partial charge in [-0.1, -0.05) is 13.3 Å². The Morgan fingerprint density at radius 2 is 2.11 bits per heavy atom. The van der Waals surface area contributed by atoms with E-state index in [4.69, 9.17) is 4.74 Å². The number of hydrogen-bond acceptors (Lipinski definition) is 3. The minimum Gasteiger partial charge on any atom is -0.380 e. The lowest BCUT2D eigenvalue weighted by Crippen LogP contribution is -2.35. The summed E-state index contributed by atoms with van der Waals surface area (Å²) >= 11 is 0. The van der Waals surface area contributed by atoms with Crippen LogP contribution in [0.25, 0.3) is 0 Å². The van der Waals surface area contributed by atoms with Crippen molar-refractivity contribution in [3.63, 3.8) is 0 Å². The van der Waals surface area contributed by atoms with E-state index < -0.39 is 0 Å². The van der Waals surface area contributed by atoms with Crippen LogP contribution in [-0.4, -0.2) is 50.3 Å². The molecule has 3 heteroatoms. The number of nitrogens with one attached hydrogen (secondary N) is 1. The molecule has 1 aliphatic heterocycles. The van der Waals surface area contributed by atoms with Gasteiger partial charge in [0.1, 0.15) is 0 Å². The van der Waals surface area contributed by atoms with Gasteiger partial charge >= 0.3 is 0 Å². The summed E-state index contributed by atoms with van der Waals surface area (Å²) < 4.78 is 5.52. The fourth-order valence-corrected chi connectivity index (χ4v) is 3.35. The first-order valence-corrected chi connectivity index (χ1v) is 7.93. The van der Waals surface area contributed by atoms with Crippen LogP contribution in [0, 0.1) is 5.92 Å². The van der Waals surface area contributed by atoms with Crippen molar-refractivity contribution >= 4 is 0 Å². The van der Waals surface area contributed by atoms with E-state index in [1.165, 1.54) is 58.2 Å². The average molecular weight is 254 g/mol. The van der Waals surface area contributed by atoms with E-state index in [9.17, 15) is 0 Å². The van der Waals surface area contributed by atoms with E-state index >= 15 is 0 Å². The molecular weight excluding hydrogens is 224 g/mol. The summed E-state index contributed by atoms with van der Waals surface area (Å²) in [7, 11) is 0. The van der Waals surface area contributed by atoms with Crippen molar-refractivity contribution in [2.45, 2.75) is 51.5 Å². The second-order valence-electron chi connectivity index (χ2n) is 5.85. The Bertz CT molecular complexity index is 215. The summed E-state index contributed by atoms with van der Waals surface area (Å²) in [6, 6.07) is 0.799.